The van der Waals surface area contributed by atoms with E-state index >= 15 is 0 Å². The molecule has 1 rings (SSSR count). The summed E-state index contributed by atoms with van der Waals surface area (Å²) in [5, 5.41) is 2.88. The minimum Gasteiger partial charge on any atom is -0.352 e. The van der Waals surface area contributed by atoms with Crippen LogP contribution in [0.4, 0.5) is 4.39 Å². The van der Waals surface area contributed by atoms with E-state index in [1.165, 1.54) is 11.0 Å². The Morgan fingerprint density at radius 3 is 2.43 bits per heavy atom. The number of hydrogen-bond donors (Lipinski definition) is 1. The molecule has 0 bridgehead atoms. The zero-order valence-corrected chi connectivity index (χ0v) is 14.4. The van der Waals surface area contributed by atoms with Crippen molar-refractivity contribution in [3.8, 4) is 0 Å². The van der Waals surface area contributed by atoms with Gasteiger partial charge in [-0.15, -0.1) is 0 Å². The van der Waals surface area contributed by atoms with Crippen LogP contribution in [0.1, 0.15) is 52.5 Å². The minimum atomic E-state index is -0.636. The van der Waals surface area contributed by atoms with Crippen molar-refractivity contribution in [3.63, 3.8) is 0 Å². The summed E-state index contributed by atoms with van der Waals surface area (Å²) >= 11 is 0. The summed E-state index contributed by atoms with van der Waals surface area (Å²) in [4.78, 5) is 26.2. The van der Waals surface area contributed by atoms with Crippen molar-refractivity contribution in [2.24, 2.45) is 0 Å². The summed E-state index contributed by atoms with van der Waals surface area (Å²) in [5.74, 6) is -0.709. The molecule has 0 saturated carbocycles. The molecular formula is C18H27FN2O2. The number of carbonyl (C=O) groups is 2. The number of nitrogens with zero attached hydrogens (tertiary/aromatic N) is 1. The zero-order valence-electron chi connectivity index (χ0n) is 14.4. The van der Waals surface area contributed by atoms with E-state index in [0.717, 1.165) is 6.42 Å². The van der Waals surface area contributed by atoms with Crippen LogP contribution < -0.4 is 5.32 Å². The normalized spacial score (nSPS) is 13.3. The Hall–Kier alpha value is -1.91. The first-order valence-electron chi connectivity index (χ1n) is 8.23. The lowest BCUT2D eigenvalue weighted by Gasteiger charge is -2.29. The summed E-state index contributed by atoms with van der Waals surface area (Å²) in [6.07, 6.45) is 1.84. The molecule has 0 aromatic heterocycles. The van der Waals surface area contributed by atoms with Crippen LogP contribution in [0.5, 0.6) is 0 Å². The largest absolute Gasteiger partial charge is 0.352 e. The second-order valence-corrected chi connectivity index (χ2v) is 5.86. The zero-order chi connectivity index (χ0) is 17.4. The monoisotopic (exact) mass is 322 g/mol. The number of nitrogens with one attached hydrogen (secondary N) is 1. The molecule has 1 aromatic rings. The third-order valence-electron chi connectivity index (χ3n) is 3.93. The molecule has 2 amide bonds. The highest BCUT2D eigenvalue weighted by molar-refractivity contribution is 5.87. The Morgan fingerprint density at radius 1 is 1.22 bits per heavy atom. The fraction of sp³-hybridized carbons (Fsp3) is 0.556. The van der Waals surface area contributed by atoms with E-state index < -0.39 is 6.04 Å². The van der Waals surface area contributed by atoms with Gasteiger partial charge in [-0.05, 0) is 32.8 Å². The molecule has 0 spiro atoms. The van der Waals surface area contributed by atoms with Gasteiger partial charge in [0, 0.05) is 24.6 Å². The van der Waals surface area contributed by atoms with Gasteiger partial charge in [-0.3, -0.25) is 9.59 Å². The molecule has 23 heavy (non-hydrogen) atoms. The second-order valence-electron chi connectivity index (χ2n) is 5.86. The average molecular weight is 322 g/mol. The van der Waals surface area contributed by atoms with Crippen LogP contribution in [0.15, 0.2) is 24.3 Å². The quantitative estimate of drug-likeness (QED) is 0.798. The molecule has 0 aliphatic carbocycles. The molecule has 5 heteroatoms. The molecule has 0 radical (unpaired) electrons. The minimum absolute atomic E-state index is 0.0431. The van der Waals surface area contributed by atoms with Crippen LogP contribution in [0.2, 0.25) is 0 Å². The van der Waals surface area contributed by atoms with Crippen molar-refractivity contribution in [1.82, 2.24) is 10.2 Å². The maximum atomic E-state index is 13.9. The summed E-state index contributed by atoms with van der Waals surface area (Å²) in [6.45, 7) is 7.59. The predicted molar refractivity (Wildman–Crippen MR) is 89.2 cm³/mol. The topological polar surface area (TPSA) is 49.4 Å². The molecule has 0 aliphatic rings. The van der Waals surface area contributed by atoms with Gasteiger partial charge in [0.15, 0.2) is 0 Å². The number of rotatable bonds is 8. The summed E-state index contributed by atoms with van der Waals surface area (Å²) in [7, 11) is 0. The van der Waals surface area contributed by atoms with Crippen molar-refractivity contribution in [3.05, 3.63) is 35.6 Å². The van der Waals surface area contributed by atoms with Gasteiger partial charge in [0.25, 0.3) is 0 Å². The van der Waals surface area contributed by atoms with E-state index in [9.17, 15) is 14.0 Å². The van der Waals surface area contributed by atoms with Gasteiger partial charge in [-0.1, -0.05) is 32.0 Å². The average Bonchev–Trinajstić information content (AvgIpc) is 2.53. The van der Waals surface area contributed by atoms with Crippen LogP contribution in [-0.4, -0.2) is 28.8 Å². The van der Waals surface area contributed by atoms with Crippen LogP contribution in [-0.2, 0) is 16.1 Å². The van der Waals surface area contributed by atoms with Gasteiger partial charge in [0.1, 0.15) is 11.9 Å². The van der Waals surface area contributed by atoms with E-state index in [0.29, 0.717) is 18.4 Å². The van der Waals surface area contributed by atoms with E-state index in [1.54, 1.807) is 25.1 Å². The number of amides is 2. The van der Waals surface area contributed by atoms with Crippen molar-refractivity contribution >= 4 is 11.8 Å². The molecule has 0 heterocycles. The third-order valence-corrected chi connectivity index (χ3v) is 3.93. The first-order chi connectivity index (χ1) is 10.9. The SMILES string of the molecule is CCCC(=O)N(Cc1ccccc1F)[C@@H](C)C(=O)N[C@@H](C)CC. The lowest BCUT2D eigenvalue weighted by Crippen LogP contribution is -2.49. The van der Waals surface area contributed by atoms with Crippen LogP contribution in [0, 0.1) is 5.82 Å². The van der Waals surface area contributed by atoms with Crippen molar-refractivity contribution in [1.29, 1.82) is 0 Å². The van der Waals surface area contributed by atoms with Crippen molar-refractivity contribution in [2.45, 2.75) is 65.6 Å². The van der Waals surface area contributed by atoms with E-state index in [4.69, 9.17) is 0 Å². The van der Waals surface area contributed by atoms with Gasteiger partial charge in [0.2, 0.25) is 11.8 Å². The molecule has 0 fully saturated rings. The van der Waals surface area contributed by atoms with Gasteiger partial charge in [0.05, 0.1) is 0 Å². The fourth-order valence-electron chi connectivity index (χ4n) is 2.22. The van der Waals surface area contributed by atoms with Gasteiger partial charge in [-0.2, -0.15) is 0 Å². The Balaban J connectivity index is 2.94. The molecular weight excluding hydrogens is 295 g/mol. The number of benzene rings is 1. The Kier molecular flexibility index (Phi) is 7.72. The van der Waals surface area contributed by atoms with Crippen LogP contribution in [0.3, 0.4) is 0 Å². The van der Waals surface area contributed by atoms with E-state index in [-0.39, 0.29) is 30.2 Å². The molecule has 2 atom stereocenters. The Morgan fingerprint density at radius 2 is 1.87 bits per heavy atom. The Bertz CT molecular complexity index is 534. The highest BCUT2D eigenvalue weighted by atomic mass is 19.1. The molecule has 0 aliphatic heterocycles. The smallest absolute Gasteiger partial charge is 0.242 e. The molecule has 1 aromatic carbocycles. The van der Waals surface area contributed by atoms with E-state index in [1.807, 2.05) is 20.8 Å². The predicted octanol–water partition coefficient (Wildman–Crippen LogP) is 3.26. The summed E-state index contributed by atoms with van der Waals surface area (Å²) < 4.78 is 13.9. The summed E-state index contributed by atoms with van der Waals surface area (Å²) in [5.41, 5.74) is 0.417. The third kappa shape index (κ3) is 5.66. The molecule has 4 nitrogen and oxygen atoms in total. The van der Waals surface area contributed by atoms with Gasteiger partial charge < -0.3 is 10.2 Å². The van der Waals surface area contributed by atoms with Crippen LogP contribution in [0.25, 0.3) is 0 Å². The highest BCUT2D eigenvalue weighted by Gasteiger charge is 2.26. The molecule has 128 valence electrons. The lowest BCUT2D eigenvalue weighted by molar-refractivity contribution is -0.140. The Labute approximate surface area is 138 Å². The maximum Gasteiger partial charge on any atom is 0.242 e. The molecule has 0 unspecified atom stereocenters. The number of hydrogen-bond acceptors (Lipinski definition) is 2. The van der Waals surface area contributed by atoms with Gasteiger partial charge in [-0.25, -0.2) is 4.39 Å². The maximum absolute atomic E-state index is 13.9. The summed E-state index contributed by atoms with van der Waals surface area (Å²) in [6, 6.07) is 5.74. The van der Waals surface area contributed by atoms with E-state index in [2.05, 4.69) is 5.32 Å². The fourth-order valence-corrected chi connectivity index (χ4v) is 2.22. The number of halogens is 1. The number of carbonyl (C=O) groups excluding carboxylic acids is 2. The second kappa shape index (κ2) is 9.28. The highest BCUT2D eigenvalue weighted by Crippen LogP contribution is 2.14. The lowest BCUT2D eigenvalue weighted by atomic mass is 10.1. The van der Waals surface area contributed by atoms with Gasteiger partial charge >= 0.3 is 0 Å². The molecule has 0 saturated heterocycles. The van der Waals surface area contributed by atoms with Crippen molar-refractivity contribution in [2.75, 3.05) is 0 Å². The first-order valence-corrected chi connectivity index (χ1v) is 8.23. The first kappa shape index (κ1) is 19.1. The standard InChI is InChI=1S/C18H27FN2O2/c1-5-9-17(22)21(12-15-10-7-8-11-16(15)19)14(4)18(23)20-13(3)6-2/h7-8,10-11,13-14H,5-6,9,12H2,1-4H3,(H,20,23)/t13-,14-/m0/s1. The van der Waals surface area contributed by atoms with Crippen LogP contribution >= 0.6 is 0 Å². The van der Waals surface area contributed by atoms with Crippen molar-refractivity contribution < 1.29 is 14.0 Å². The molecule has 1 N–H and O–H groups in total.